The Labute approximate surface area is 120 Å². The van der Waals surface area contributed by atoms with E-state index in [0.717, 1.165) is 9.13 Å². The van der Waals surface area contributed by atoms with Gasteiger partial charge >= 0.3 is 11.7 Å². The molecule has 2 aromatic rings. The van der Waals surface area contributed by atoms with E-state index in [2.05, 4.69) is 5.32 Å². The Morgan fingerprint density at radius 2 is 1.90 bits per heavy atom. The smallest absolute Gasteiger partial charge is 0.340 e. The molecule has 0 aliphatic heterocycles. The van der Waals surface area contributed by atoms with Gasteiger partial charge in [0.2, 0.25) is 0 Å². The average molecular weight is 288 g/mol. The van der Waals surface area contributed by atoms with Crippen LogP contribution in [0.3, 0.4) is 0 Å². The number of amides is 1. The van der Waals surface area contributed by atoms with E-state index in [1.165, 1.54) is 6.07 Å². The number of hydrogen-bond donors (Lipinski definition) is 2. The second-order valence-corrected chi connectivity index (χ2v) is 4.47. The second kappa shape index (κ2) is 6.08. The fourth-order valence-electron chi connectivity index (χ4n) is 1.98. The van der Waals surface area contributed by atoms with Gasteiger partial charge in [-0.25, -0.2) is 9.59 Å². The highest BCUT2D eigenvalue weighted by Crippen LogP contribution is 2.12. The van der Waals surface area contributed by atoms with E-state index in [4.69, 9.17) is 5.73 Å². The maximum absolute atomic E-state index is 12.2. The predicted octanol–water partition coefficient (Wildman–Crippen LogP) is 1.09. The molecule has 0 spiro atoms. The van der Waals surface area contributed by atoms with Crippen LogP contribution in [-0.2, 0) is 6.54 Å². The van der Waals surface area contributed by atoms with E-state index < -0.39 is 17.3 Å². The molecule has 3 N–H and O–H groups in total. The molecule has 2 rings (SSSR count). The molecule has 0 fully saturated rings. The Morgan fingerprint density at radius 1 is 1.24 bits per heavy atom. The third kappa shape index (κ3) is 3.02. The number of carbonyl (C=O) groups is 1. The molecule has 0 aliphatic rings. The lowest BCUT2D eigenvalue weighted by Gasteiger charge is -2.13. The minimum Gasteiger partial charge on any atom is -0.351 e. The van der Waals surface area contributed by atoms with E-state index in [9.17, 15) is 14.4 Å². The summed E-state index contributed by atoms with van der Waals surface area (Å²) in [5, 5.41) is 2.85. The number of carbonyl (C=O) groups excluding carboxylic acids is 1. The topological polar surface area (TPSA) is 99.1 Å². The van der Waals surface area contributed by atoms with Crippen molar-refractivity contribution in [3.63, 3.8) is 0 Å². The molecule has 21 heavy (non-hydrogen) atoms. The van der Waals surface area contributed by atoms with Gasteiger partial charge in [-0.05, 0) is 18.6 Å². The molecule has 0 saturated carbocycles. The molecule has 0 bridgehead atoms. The molecule has 0 aliphatic carbocycles. The lowest BCUT2D eigenvalue weighted by molar-refractivity contribution is 0.249. The van der Waals surface area contributed by atoms with Gasteiger partial charge in [-0.15, -0.1) is 0 Å². The molecule has 110 valence electrons. The average Bonchev–Trinajstić information content (AvgIpc) is 2.44. The number of nitrogens with two attached hydrogens (primary N) is 1. The number of benzene rings is 1. The standard InChI is InChI=1S/C14H16N4O3/c1-2-8-17-12(19)9-11(18(13(15)20)14(17)21)16-10-6-4-3-5-7-10/h3-7,9,16H,2,8H2,1H3,(H2,15,20). The first kappa shape index (κ1) is 14.6. The predicted molar refractivity (Wildman–Crippen MR) is 80.0 cm³/mol. The van der Waals surface area contributed by atoms with Gasteiger partial charge in [0.1, 0.15) is 5.82 Å². The van der Waals surface area contributed by atoms with E-state index in [1.54, 1.807) is 24.3 Å². The van der Waals surface area contributed by atoms with E-state index in [-0.39, 0.29) is 12.4 Å². The lowest BCUT2D eigenvalue weighted by atomic mass is 10.3. The number of nitrogens with one attached hydrogen (secondary N) is 1. The third-order valence-electron chi connectivity index (χ3n) is 2.90. The maximum Gasteiger partial charge on any atom is 0.340 e. The van der Waals surface area contributed by atoms with Gasteiger partial charge < -0.3 is 11.1 Å². The summed E-state index contributed by atoms with van der Waals surface area (Å²) < 4.78 is 1.74. The highest BCUT2D eigenvalue weighted by Gasteiger charge is 2.14. The first-order valence-corrected chi connectivity index (χ1v) is 6.53. The molecule has 7 heteroatoms. The summed E-state index contributed by atoms with van der Waals surface area (Å²) in [4.78, 5) is 35.7. The van der Waals surface area contributed by atoms with Crippen LogP contribution in [0, 0.1) is 0 Å². The first-order valence-electron chi connectivity index (χ1n) is 6.53. The number of primary amides is 1. The minimum atomic E-state index is -0.941. The summed E-state index contributed by atoms with van der Waals surface area (Å²) >= 11 is 0. The minimum absolute atomic E-state index is 0.0519. The summed E-state index contributed by atoms with van der Waals surface area (Å²) in [6.45, 7) is 2.06. The number of aromatic nitrogens is 2. The normalized spacial score (nSPS) is 10.3. The van der Waals surface area contributed by atoms with Crippen molar-refractivity contribution in [3.8, 4) is 0 Å². The molecule has 1 aromatic heterocycles. The SMILES string of the molecule is CCCn1c(=O)cc(Nc2ccccc2)n(C(N)=O)c1=O. The van der Waals surface area contributed by atoms with Crippen molar-refractivity contribution in [3.05, 3.63) is 57.2 Å². The number of nitrogens with zero attached hydrogens (tertiary/aromatic N) is 2. The van der Waals surface area contributed by atoms with E-state index >= 15 is 0 Å². The van der Waals surface area contributed by atoms with Crippen molar-refractivity contribution in [2.45, 2.75) is 19.9 Å². The molecule has 0 atom stereocenters. The fraction of sp³-hybridized carbons (Fsp3) is 0.214. The molecule has 1 aromatic carbocycles. The zero-order valence-corrected chi connectivity index (χ0v) is 11.6. The third-order valence-corrected chi connectivity index (χ3v) is 2.90. The van der Waals surface area contributed by atoms with Crippen molar-refractivity contribution in [1.29, 1.82) is 0 Å². The lowest BCUT2D eigenvalue weighted by Crippen LogP contribution is -2.44. The van der Waals surface area contributed by atoms with Crippen LogP contribution in [0.2, 0.25) is 0 Å². The summed E-state index contributed by atoms with van der Waals surface area (Å²) in [7, 11) is 0. The van der Waals surface area contributed by atoms with E-state index in [0.29, 0.717) is 12.1 Å². The Hall–Kier alpha value is -2.83. The van der Waals surface area contributed by atoms with Gasteiger partial charge in [-0.1, -0.05) is 25.1 Å². The van der Waals surface area contributed by atoms with Crippen molar-refractivity contribution in [2.24, 2.45) is 5.73 Å². The van der Waals surface area contributed by atoms with Crippen molar-refractivity contribution in [2.75, 3.05) is 5.32 Å². The first-order chi connectivity index (χ1) is 10.0. The molecule has 7 nitrogen and oxygen atoms in total. The molecule has 0 radical (unpaired) electrons. The summed E-state index contributed by atoms with van der Waals surface area (Å²) in [5.74, 6) is 0.0519. The molecular formula is C14H16N4O3. The largest absolute Gasteiger partial charge is 0.351 e. The number of para-hydroxylation sites is 1. The van der Waals surface area contributed by atoms with Crippen LogP contribution in [0.1, 0.15) is 13.3 Å². The van der Waals surface area contributed by atoms with Gasteiger partial charge in [0, 0.05) is 18.3 Å². The summed E-state index contributed by atoms with van der Waals surface area (Å²) in [5.41, 5.74) is 4.68. The van der Waals surface area contributed by atoms with Gasteiger partial charge in [0.25, 0.3) is 5.56 Å². The monoisotopic (exact) mass is 288 g/mol. The van der Waals surface area contributed by atoms with Crippen LogP contribution >= 0.6 is 0 Å². The van der Waals surface area contributed by atoms with Crippen LogP contribution in [0.25, 0.3) is 0 Å². The van der Waals surface area contributed by atoms with Crippen LogP contribution in [0.4, 0.5) is 16.3 Å². The fourth-order valence-corrected chi connectivity index (χ4v) is 1.98. The van der Waals surface area contributed by atoms with Crippen LogP contribution < -0.4 is 22.3 Å². The van der Waals surface area contributed by atoms with Crippen molar-refractivity contribution < 1.29 is 4.79 Å². The molecule has 0 unspecified atom stereocenters. The Bertz CT molecular complexity index is 762. The molecule has 0 saturated heterocycles. The highest BCUT2D eigenvalue weighted by atomic mass is 16.2. The second-order valence-electron chi connectivity index (χ2n) is 4.47. The molecule has 1 amide bonds. The number of hydrogen-bond acceptors (Lipinski definition) is 4. The van der Waals surface area contributed by atoms with Gasteiger partial charge in [0.15, 0.2) is 0 Å². The van der Waals surface area contributed by atoms with Gasteiger partial charge in [0.05, 0.1) is 0 Å². The Morgan fingerprint density at radius 3 is 2.48 bits per heavy atom. The van der Waals surface area contributed by atoms with Crippen molar-refractivity contribution in [1.82, 2.24) is 9.13 Å². The Kier molecular flexibility index (Phi) is 4.22. The van der Waals surface area contributed by atoms with E-state index in [1.807, 2.05) is 13.0 Å². The summed E-state index contributed by atoms with van der Waals surface area (Å²) in [6.07, 6.45) is 0.597. The zero-order chi connectivity index (χ0) is 15.4. The van der Waals surface area contributed by atoms with Crippen LogP contribution in [0.5, 0.6) is 0 Å². The van der Waals surface area contributed by atoms with Gasteiger partial charge in [-0.2, -0.15) is 4.57 Å². The number of anilines is 2. The maximum atomic E-state index is 12.2. The summed E-state index contributed by atoms with van der Waals surface area (Å²) in [6, 6.07) is 9.13. The zero-order valence-electron chi connectivity index (χ0n) is 11.6. The van der Waals surface area contributed by atoms with Gasteiger partial charge in [-0.3, -0.25) is 9.36 Å². The number of rotatable bonds is 4. The molecule has 1 heterocycles. The quantitative estimate of drug-likeness (QED) is 0.879. The van der Waals surface area contributed by atoms with Crippen molar-refractivity contribution >= 4 is 17.5 Å². The Balaban J connectivity index is 2.58. The molecular weight excluding hydrogens is 272 g/mol. The van der Waals surface area contributed by atoms with Crippen LogP contribution in [-0.4, -0.2) is 15.2 Å². The highest BCUT2D eigenvalue weighted by molar-refractivity contribution is 5.79. The van der Waals surface area contributed by atoms with Crippen LogP contribution in [0.15, 0.2) is 46.0 Å².